The van der Waals surface area contributed by atoms with Gasteiger partial charge in [-0.05, 0) is 37.2 Å². The molecule has 0 amide bonds. The van der Waals surface area contributed by atoms with Crippen LogP contribution in [0.15, 0.2) is 30.5 Å². The molecule has 1 heterocycles. The van der Waals surface area contributed by atoms with Crippen molar-refractivity contribution in [3.63, 3.8) is 0 Å². The number of rotatable bonds is 4. The Morgan fingerprint density at radius 3 is 2.61 bits per heavy atom. The summed E-state index contributed by atoms with van der Waals surface area (Å²) < 4.78 is 7.18. The molecule has 1 N–H and O–H groups in total. The number of nitrogens with one attached hydrogen (secondary N) is 1. The summed E-state index contributed by atoms with van der Waals surface area (Å²) in [5, 5.41) is 7.54. The van der Waals surface area contributed by atoms with E-state index in [-0.39, 0.29) is 6.04 Å². The predicted octanol–water partition coefficient (Wildman–Crippen LogP) is 2.05. The van der Waals surface area contributed by atoms with E-state index < -0.39 is 0 Å². The normalized spacial score (nSPS) is 12.4. The van der Waals surface area contributed by atoms with Crippen molar-refractivity contribution >= 4 is 0 Å². The monoisotopic (exact) mass is 245 g/mol. The highest BCUT2D eigenvalue weighted by atomic mass is 16.5. The standard InChI is InChI=1S/C14H19N3O/c1-10-9-11(5-6-13(10)18-4)14(15-2)12-7-8-16-17(12)3/h5-9,14-15H,1-4H3. The van der Waals surface area contributed by atoms with Gasteiger partial charge in [-0.15, -0.1) is 0 Å². The minimum absolute atomic E-state index is 0.141. The highest BCUT2D eigenvalue weighted by Gasteiger charge is 2.16. The predicted molar refractivity (Wildman–Crippen MR) is 71.8 cm³/mol. The lowest BCUT2D eigenvalue weighted by Crippen LogP contribution is -2.20. The highest BCUT2D eigenvalue weighted by Crippen LogP contribution is 2.26. The average molecular weight is 245 g/mol. The van der Waals surface area contributed by atoms with E-state index in [4.69, 9.17) is 4.74 Å². The summed E-state index contributed by atoms with van der Waals surface area (Å²) in [6, 6.07) is 8.40. The number of hydrogen-bond donors (Lipinski definition) is 1. The molecule has 4 heteroatoms. The number of aromatic nitrogens is 2. The molecule has 0 aliphatic carbocycles. The van der Waals surface area contributed by atoms with Crippen molar-refractivity contribution in [1.29, 1.82) is 0 Å². The molecule has 1 unspecified atom stereocenters. The maximum atomic E-state index is 5.29. The number of nitrogens with zero attached hydrogens (tertiary/aromatic N) is 2. The van der Waals surface area contributed by atoms with Gasteiger partial charge in [-0.2, -0.15) is 5.10 Å². The second-order valence-electron chi connectivity index (χ2n) is 4.33. The summed E-state index contributed by atoms with van der Waals surface area (Å²) in [6.07, 6.45) is 1.82. The van der Waals surface area contributed by atoms with Crippen molar-refractivity contribution in [2.24, 2.45) is 7.05 Å². The molecule has 0 aliphatic heterocycles. The average Bonchev–Trinajstić information content (AvgIpc) is 2.77. The van der Waals surface area contributed by atoms with Crippen LogP contribution in [-0.2, 0) is 7.05 Å². The largest absolute Gasteiger partial charge is 0.496 e. The molecule has 2 aromatic rings. The van der Waals surface area contributed by atoms with Crippen LogP contribution in [0.3, 0.4) is 0 Å². The fourth-order valence-corrected chi connectivity index (χ4v) is 2.23. The molecule has 0 saturated carbocycles. The van der Waals surface area contributed by atoms with E-state index in [2.05, 4.69) is 29.5 Å². The van der Waals surface area contributed by atoms with Crippen LogP contribution in [0, 0.1) is 6.92 Å². The van der Waals surface area contributed by atoms with E-state index in [0.717, 1.165) is 17.0 Å². The molecular formula is C14H19N3O. The molecule has 1 aromatic heterocycles. The van der Waals surface area contributed by atoms with Crippen molar-refractivity contribution in [3.8, 4) is 5.75 Å². The van der Waals surface area contributed by atoms with Crippen LogP contribution < -0.4 is 10.1 Å². The van der Waals surface area contributed by atoms with Gasteiger partial charge in [-0.25, -0.2) is 0 Å². The van der Waals surface area contributed by atoms with Gasteiger partial charge in [0.2, 0.25) is 0 Å². The third-order valence-corrected chi connectivity index (χ3v) is 3.20. The second-order valence-corrected chi connectivity index (χ2v) is 4.33. The molecule has 1 atom stereocenters. The Bertz CT molecular complexity index is 534. The molecule has 1 aromatic carbocycles. The van der Waals surface area contributed by atoms with Gasteiger partial charge in [-0.1, -0.05) is 12.1 Å². The van der Waals surface area contributed by atoms with E-state index in [0.29, 0.717) is 0 Å². The van der Waals surface area contributed by atoms with Crippen molar-refractivity contribution in [3.05, 3.63) is 47.3 Å². The second kappa shape index (κ2) is 5.23. The van der Waals surface area contributed by atoms with Crippen LogP contribution in [-0.4, -0.2) is 23.9 Å². The quantitative estimate of drug-likeness (QED) is 0.896. The summed E-state index contributed by atoms with van der Waals surface area (Å²) in [5.41, 5.74) is 3.49. The first-order chi connectivity index (χ1) is 8.67. The van der Waals surface area contributed by atoms with Crippen LogP contribution in [0.25, 0.3) is 0 Å². The van der Waals surface area contributed by atoms with Gasteiger partial charge in [0, 0.05) is 13.2 Å². The molecule has 0 bridgehead atoms. The third-order valence-electron chi connectivity index (χ3n) is 3.20. The van der Waals surface area contributed by atoms with Crippen molar-refractivity contribution in [2.45, 2.75) is 13.0 Å². The Kier molecular flexibility index (Phi) is 3.67. The number of benzene rings is 1. The van der Waals surface area contributed by atoms with Gasteiger partial charge in [0.1, 0.15) is 5.75 Å². The highest BCUT2D eigenvalue weighted by molar-refractivity contribution is 5.39. The molecule has 0 spiro atoms. The molecule has 4 nitrogen and oxygen atoms in total. The van der Waals surface area contributed by atoms with Gasteiger partial charge >= 0.3 is 0 Å². The summed E-state index contributed by atoms with van der Waals surface area (Å²) in [4.78, 5) is 0. The van der Waals surface area contributed by atoms with E-state index >= 15 is 0 Å². The molecule has 2 rings (SSSR count). The zero-order valence-corrected chi connectivity index (χ0v) is 11.3. The summed E-state index contributed by atoms with van der Waals surface area (Å²) in [7, 11) is 5.60. The van der Waals surface area contributed by atoms with Gasteiger partial charge in [0.05, 0.1) is 18.8 Å². The Morgan fingerprint density at radius 2 is 2.11 bits per heavy atom. The number of aryl methyl sites for hydroxylation is 2. The minimum Gasteiger partial charge on any atom is -0.496 e. The SMILES string of the molecule is CNC(c1ccc(OC)c(C)c1)c1ccnn1C. The summed E-state index contributed by atoms with van der Waals surface area (Å²) >= 11 is 0. The Labute approximate surface area is 108 Å². The first kappa shape index (κ1) is 12.6. The summed E-state index contributed by atoms with van der Waals surface area (Å²) in [5.74, 6) is 0.915. The first-order valence-corrected chi connectivity index (χ1v) is 5.97. The topological polar surface area (TPSA) is 39.1 Å². The van der Waals surface area contributed by atoms with Crippen LogP contribution in [0.5, 0.6) is 5.75 Å². The van der Waals surface area contributed by atoms with E-state index in [1.54, 1.807) is 7.11 Å². The molecule has 0 fully saturated rings. The van der Waals surface area contributed by atoms with Crippen molar-refractivity contribution in [2.75, 3.05) is 14.2 Å². The zero-order valence-electron chi connectivity index (χ0n) is 11.3. The fourth-order valence-electron chi connectivity index (χ4n) is 2.23. The lowest BCUT2D eigenvalue weighted by Gasteiger charge is -2.18. The van der Waals surface area contributed by atoms with Crippen LogP contribution >= 0.6 is 0 Å². The van der Waals surface area contributed by atoms with Crippen molar-refractivity contribution < 1.29 is 4.74 Å². The Hall–Kier alpha value is -1.81. The Balaban J connectivity index is 2.40. The number of ether oxygens (including phenoxy) is 1. The van der Waals surface area contributed by atoms with Crippen molar-refractivity contribution in [1.82, 2.24) is 15.1 Å². The minimum atomic E-state index is 0.141. The van der Waals surface area contributed by atoms with Crippen LogP contribution in [0.4, 0.5) is 0 Å². The number of hydrogen-bond acceptors (Lipinski definition) is 3. The first-order valence-electron chi connectivity index (χ1n) is 5.97. The smallest absolute Gasteiger partial charge is 0.121 e. The maximum absolute atomic E-state index is 5.29. The Morgan fingerprint density at radius 1 is 1.33 bits per heavy atom. The van der Waals surface area contributed by atoms with Crippen LogP contribution in [0.2, 0.25) is 0 Å². The lowest BCUT2D eigenvalue weighted by atomic mass is 10.0. The molecule has 18 heavy (non-hydrogen) atoms. The van der Waals surface area contributed by atoms with E-state index in [1.165, 1.54) is 5.56 Å². The molecule has 96 valence electrons. The molecular weight excluding hydrogens is 226 g/mol. The maximum Gasteiger partial charge on any atom is 0.121 e. The van der Waals surface area contributed by atoms with Gasteiger partial charge in [0.15, 0.2) is 0 Å². The molecule has 0 saturated heterocycles. The third kappa shape index (κ3) is 2.24. The molecule has 0 radical (unpaired) electrons. The zero-order chi connectivity index (χ0) is 13.1. The lowest BCUT2D eigenvalue weighted by molar-refractivity contribution is 0.411. The van der Waals surface area contributed by atoms with Gasteiger partial charge < -0.3 is 10.1 Å². The van der Waals surface area contributed by atoms with E-state index in [9.17, 15) is 0 Å². The van der Waals surface area contributed by atoms with Crippen LogP contribution in [0.1, 0.15) is 22.9 Å². The fraction of sp³-hybridized carbons (Fsp3) is 0.357. The summed E-state index contributed by atoms with van der Waals surface area (Å²) in [6.45, 7) is 2.05. The van der Waals surface area contributed by atoms with Gasteiger partial charge in [0.25, 0.3) is 0 Å². The van der Waals surface area contributed by atoms with E-state index in [1.807, 2.05) is 37.1 Å². The molecule has 0 aliphatic rings. The number of methoxy groups -OCH3 is 1. The van der Waals surface area contributed by atoms with Gasteiger partial charge in [-0.3, -0.25) is 4.68 Å².